The Labute approximate surface area is 73.4 Å². The minimum Gasteiger partial charge on any atom is -0.367 e. The first kappa shape index (κ1) is 7.87. The van der Waals surface area contributed by atoms with E-state index in [9.17, 15) is 0 Å². The Balaban J connectivity index is 2.13. The van der Waals surface area contributed by atoms with E-state index in [1.54, 1.807) is 0 Å². The summed E-state index contributed by atoms with van der Waals surface area (Å²) < 4.78 is 0. The van der Waals surface area contributed by atoms with Gasteiger partial charge in [0.05, 0.1) is 0 Å². The van der Waals surface area contributed by atoms with Gasteiger partial charge in [-0.15, -0.1) is 0 Å². The molecule has 1 saturated heterocycles. The average Bonchev–Trinajstić information content (AvgIpc) is 2.53. The SMILES string of the molecule is Cc1c[nH]cc1[C@H]1CCCCN1. The van der Waals surface area contributed by atoms with Gasteiger partial charge in [0.15, 0.2) is 0 Å². The largest absolute Gasteiger partial charge is 0.367 e. The Morgan fingerprint density at radius 1 is 1.33 bits per heavy atom. The van der Waals surface area contributed by atoms with E-state index in [1.165, 1.54) is 36.9 Å². The van der Waals surface area contributed by atoms with Crippen molar-refractivity contribution in [2.24, 2.45) is 0 Å². The Morgan fingerprint density at radius 3 is 2.83 bits per heavy atom. The van der Waals surface area contributed by atoms with Gasteiger partial charge in [-0.1, -0.05) is 6.42 Å². The summed E-state index contributed by atoms with van der Waals surface area (Å²) in [6, 6.07) is 0.602. The van der Waals surface area contributed by atoms with Crippen LogP contribution in [-0.2, 0) is 0 Å². The molecule has 0 amide bonds. The van der Waals surface area contributed by atoms with Gasteiger partial charge in [-0.2, -0.15) is 0 Å². The van der Waals surface area contributed by atoms with Gasteiger partial charge >= 0.3 is 0 Å². The van der Waals surface area contributed by atoms with Crippen molar-refractivity contribution >= 4 is 0 Å². The molecule has 0 bridgehead atoms. The fraction of sp³-hybridized carbons (Fsp3) is 0.600. The summed E-state index contributed by atoms with van der Waals surface area (Å²) in [7, 11) is 0. The summed E-state index contributed by atoms with van der Waals surface area (Å²) in [4.78, 5) is 3.16. The summed E-state index contributed by atoms with van der Waals surface area (Å²) in [5.41, 5.74) is 2.84. The second-order valence-electron chi connectivity index (χ2n) is 3.60. The molecule has 1 aliphatic rings. The average molecular weight is 164 g/mol. The quantitative estimate of drug-likeness (QED) is 0.654. The summed E-state index contributed by atoms with van der Waals surface area (Å²) in [5.74, 6) is 0. The topological polar surface area (TPSA) is 27.8 Å². The van der Waals surface area contributed by atoms with Crippen LogP contribution >= 0.6 is 0 Å². The van der Waals surface area contributed by atoms with Crippen LogP contribution in [-0.4, -0.2) is 11.5 Å². The summed E-state index contributed by atoms with van der Waals surface area (Å²) in [6.07, 6.45) is 8.19. The molecular formula is C10H16N2. The monoisotopic (exact) mass is 164 g/mol. The molecule has 1 atom stereocenters. The molecule has 66 valence electrons. The lowest BCUT2D eigenvalue weighted by atomic mass is 9.97. The number of rotatable bonds is 1. The lowest BCUT2D eigenvalue weighted by Gasteiger charge is -2.23. The van der Waals surface area contributed by atoms with Gasteiger partial charge in [0.25, 0.3) is 0 Å². The number of aromatic amines is 1. The fourth-order valence-electron chi connectivity index (χ4n) is 1.95. The summed E-state index contributed by atoms with van der Waals surface area (Å²) >= 11 is 0. The van der Waals surface area contributed by atoms with Crippen molar-refractivity contribution in [3.63, 3.8) is 0 Å². The maximum Gasteiger partial charge on any atom is 0.0337 e. The van der Waals surface area contributed by atoms with E-state index < -0.39 is 0 Å². The van der Waals surface area contributed by atoms with E-state index in [0.717, 1.165) is 0 Å². The lowest BCUT2D eigenvalue weighted by molar-refractivity contribution is 0.411. The molecule has 0 radical (unpaired) electrons. The number of hydrogen-bond acceptors (Lipinski definition) is 1. The van der Waals surface area contributed by atoms with Crippen LogP contribution in [0.4, 0.5) is 0 Å². The number of aryl methyl sites for hydroxylation is 1. The van der Waals surface area contributed by atoms with E-state index in [-0.39, 0.29) is 0 Å². The van der Waals surface area contributed by atoms with Crippen molar-refractivity contribution in [2.75, 3.05) is 6.54 Å². The van der Waals surface area contributed by atoms with Crippen LogP contribution in [0.2, 0.25) is 0 Å². The van der Waals surface area contributed by atoms with Crippen LogP contribution in [0.1, 0.15) is 36.4 Å². The molecule has 1 aromatic heterocycles. The van der Waals surface area contributed by atoms with Crippen LogP contribution < -0.4 is 5.32 Å². The number of piperidine rings is 1. The van der Waals surface area contributed by atoms with Crippen molar-refractivity contribution < 1.29 is 0 Å². The second kappa shape index (κ2) is 3.31. The molecule has 0 unspecified atom stereocenters. The first-order chi connectivity index (χ1) is 5.88. The molecule has 1 aliphatic heterocycles. The van der Waals surface area contributed by atoms with Crippen LogP contribution in [0.5, 0.6) is 0 Å². The van der Waals surface area contributed by atoms with Gasteiger partial charge in [0, 0.05) is 18.4 Å². The van der Waals surface area contributed by atoms with Crippen LogP contribution in [0.3, 0.4) is 0 Å². The van der Waals surface area contributed by atoms with Crippen molar-refractivity contribution in [1.82, 2.24) is 10.3 Å². The molecule has 2 heteroatoms. The Bertz CT molecular complexity index is 246. The maximum atomic E-state index is 3.54. The number of nitrogens with one attached hydrogen (secondary N) is 2. The zero-order valence-corrected chi connectivity index (χ0v) is 7.56. The third-order valence-corrected chi connectivity index (χ3v) is 2.68. The third kappa shape index (κ3) is 1.39. The molecule has 0 saturated carbocycles. The number of hydrogen-bond donors (Lipinski definition) is 2. The predicted molar refractivity (Wildman–Crippen MR) is 50.1 cm³/mol. The molecule has 0 aliphatic carbocycles. The molecule has 1 fully saturated rings. The van der Waals surface area contributed by atoms with E-state index in [1.807, 2.05) is 0 Å². The molecule has 1 aromatic rings. The maximum absolute atomic E-state index is 3.54. The van der Waals surface area contributed by atoms with Crippen molar-refractivity contribution in [3.05, 3.63) is 23.5 Å². The highest BCUT2D eigenvalue weighted by atomic mass is 14.9. The smallest absolute Gasteiger partial charge is 0.0337 e. The standard InChI is InChI=1S/C10H16N2/c1-8-6-11-7-9(8)10-4-2-3-5-12-10/h6-7,10-12H,2-5H2,1H3/t10-/m1/s1. The Hall–Kier alpha value is -0.760. The molecule has 0 spiro atoms. The van der Waals surface area contributed by atoms with Gasteiger partial charge in [-0.3, -0.25) is 0 Å². The molecule has 2 nitrogen and oxygen atoms in total. The van der Waals surface area contributed by atoms with Crippen LogP contribution in [0.15, 0.2) is 12.4 Å². The van der Waals surface area contributed by atoms with Crippen LogP contribution in [0, 0.1) is 6.92 Å². The first-order valence-electron chi connectivity index (χ1n) is 4.74. The van der Waals surface area contributed by atoms with Gasteiger partial charge in [0.2, 0.25) is 0 Å². The van der Waals surface area contributed by atoms with E-state index in [0.29, 0.717) is 6.04 Å². The normalized spacial score (nSPS) is 24.2. The highest BCUT2D eigenvalue weighted by molar-refractivity contribution is 5.25. The van der Waals surface area contributed by atoms with E-state index >= 15 is 0 Å². The lowest BCUT2D eigenvalue weighted by Crippen LogP contribution is -2.26. The minimum absolute atomic E-state index is 0.602. The molecule has 12 heavy (non-hydrogen) atoms. The zero-order chi connectivity index (χ0) is 8.39. The third-order valence-electron chi connectivity index (χ3n) is 2.68. The van der Waals surface area contributed by atoms with Gasteiger partial charge in [-0.05, 0) is 37.4 Å². The first-order valence-corrected chi connectivity index (χ1v) is 4.74. The van der Waals surface area contributed by atoms with Crippen molar-refractivity contribution in [3.8, 4) is 0 Å². The Kier molecular flexibility index (Phi) is 2.17. The highest BCUT2D eigenvalue weighted by Gasteiger charge is 2.16. The predicted octanol–water partition coefficient (Wildman–Crippen LogP) is 2.14. The van der Waals surface area contributed by atoms with Gasteiger partial charge in [0.1, 0.15) is 0 Å². The highest BCUT2D eigenvalue weighted by Crippen LogP contribution is 2.24. The number of aromatic nitrogens is 1. The molecule has 2 N–H and O–H groups in total. The van der Waals surface area contributed by atoms with Gasteiger partial charge < -0.3 is 10.3 Å². The zero-order valence-electron chi connectivity index (χ0n) is 7.56. The van der Waals surface area contributed by atoms with Crippen LogP contribution in [0.25, 0.3) is 0 Å². The molecule has 2 heterocycles. The fourth-order valence-corrected chi connectivity index (χ4v) is 1.95. The molecule has 2 rings (SSSR count). The van der Waals surface area contributed by atoms with E-state index in [4.69, 9.17) is 0 Å². The molecule has 0 aromatic carbocycles. The van der Waals surface area contributed by atoms with Crippen molar-refractivity contribution in [1.29, 1.82) is 0 Å². The second-order valence-corrected chi connectivity index (χ2v) is 3.60. The van der Waals surface area contributed by atoms with Crippen molar-refractivity contribution in [2.45, 2.75) is 32.2 Å². The number of H-pyrrole nitrogens is 1. The Morgan fingerprint density at radius 2 is 2.25 bits per heavy atom. The molecular weight excluding hydrogens is 148 g/mol. The summed E-state index contributed by atoms with van der Waals surface area (Å²) in [5, 5.41) is 3.54. The van der Waals surface area contributed by atoms with E-state index in [2.05, 4.69) is 29.6 Å². The minimum atomic E-state index is 0.602. The summed E-state index contributed by atoms with van der Waals surface area (Å²) in [6.45, 7) is 3.34. The van der Waals surface area contributed by atoms with Gasteiger partial charge in [-0.25, -0.2) is 0 Å².